The highest BCUT2D eigenvalue weighted by molar-refractivity contribution is 6.69. The van der Waals surface area contributed by atoms with Crippen molar-refractivity contribution in [2.24, 2.45) is 0 Å². The predicted molar refractivity (Wildman–Crippen MR) is 117 cm³/mol. The lowest BCUT2D eigenvalue weighted by molar-refractivity contribution is -0.136. The van der Waals surface area contributed by atoms with E-state index in [0.717, 1.165) is 44.9 Å². The minimum atomic E-state index is -1.57. The van der Waals surface area contributed by atoms with Crippen LogP contribution >= 0.6 is 0 Å². The summed E-state index contributed by atoms with van der Waals surface area (Å²) in [6.07, 6.45) is 18.7. The van der Waals surface area contributed by atoms with E-state index in [9.17, 15) is 4.79 Å². The normalized spacial score (nSPS) is 14.9. The Morgan fingerprint density at radius 2 is 1.63 bits per heavy atom. The van der Waals surface area contributed by atoms with Crippen LogP contribution in [0.1, 0.15) is 71.1 Å². The molecule has 0 amide bonds. The number of allylic oxidation sites excluding steroid dienone is 3. The third kappa shape index (κ3) is 18.2. The van der Waals surface area contributed by atoms with Gasteiger partial charge in [0.1, 0.15) is 0 Å². The highest BCUT2D eigenvalue weighted by Gasteiger charge is 2.19. The second kappa shape index (κ2) is 16.1. The fourth-order valence-corrected chi connectivity index (χ4v) is 4.05. The molecule has 4 nitrogen and oxygen atoms in total. The first kappa shape index (κ1) is 26.1. The number of hydrogen-bond acceptors (Lipinski definition) is 3. The van der Waals surface area contributed by atoms with Crippen molar-refractivity contribution in [2.45, 2.75) is 103 Å². The minimum absolute atomic E-state index is 0.193. The van der Waals surface area contributed by atoms with Gasteiger partial charge in [0, 0.05) is 13.5 Å². The summed E-state index contributed by atoms with van der Waals surface area (Å²) in [6, 6.07) is 0. The molecule has 0 heterocycles. The molecule has 0 radical (unpaired) electrons. The number of aliphatic carboxylic acids is 1. The van der Waals surface area contributed by atoms with E-state index in [1.165, 1.54) is 6.42 Å². The van der Waals surface area contributed by atoms with Gasteiger partial charge < -0.3 is 14.3 Å². The molecule has 0 saturated heterocycles. The lowest BCUT2D eigenvalue weighted by atomic mass is 10.1. The number of carboxylic acid groups (broad SMARTS) is 1. The van der Waals surface area contributed by atoms with Crippen molar-refractivity contribution in [3.05, 3.63) is 24.3 Å². The lowest BCUT2D eigenvalue weighted by Gasteiger charge is -2.24. The van der Waals surface area contributed by atoms with Gasteiger partial charge in [0.05, 0.1) is 12.2 Å². The van der Waals surface area contributed by atoms with Gasteiger partial charge >= 0.3 is 5.97 Å². The van der Waals surface area contributed by atoms with Crippen molar-refractivity contribution in [3.8, 4) is 0 Å². The Bertz CT molecular complexity index is 427. The molecule has 5 heteroatoms. The van der Waals surface area contributed by atoms with E-state index in [1.54, 1.807) is 0 Å². The molecule has 0 spiro atoms. The smallest absolute Gasteiger partial charge is 0.303 e. The van der Waals surface area contributed by atoms with Crippen molar-refractivity contribution >= 4 is 14.3 Å². The van der Waals surface area contributed by atoms with Gasteiger partial charge in [-0.3, -0.25) is 4.79 Å². The second-order valence-electron chi connectivity index (χ2n) is 8.11. The fourth-order valence-electron chi connectivity index (χ4n) is 2.94. The maximum absolute atomic E-state index is 10.5. The Balaban J connectivity index is 4.21. The molecule has 0 aliphatic heterocycles. The highest BCUT2D eigenvalue weighted by Crippen LogP contribution is 2.16. The summed E-state index contributed by atoms with van der Waals surface area (Å²) >= 11 is 0. The number of unbranched alkanes of at least 4 members (excludes halogenated alkanes) is 2. The Kier molecular flexibility index (Phi) is 15.5. The van der Waals surface area contributed by atoms with Crippen molar-refractivity contribution < 1.29 is 19.1 Å². The van der Waals surface area contributed by atoms with E-state index in [-0.39, 0.29) is 12.5 Å². The molecule has 158 valence electrons. The molecule has 0 bridgehead atoms. The third-order valence-electron chi connectivity index (χ3n) is 4.25. The first-order chi connectivity index (χ1) is 12.8. The van der Waals surface area contributed by atoms with Gasteiger partial charge in [0.2, 0.25) is 0 Å². The quantitative estimate of drug-likeness (QED) is 0.176. The van der Waals surface area contributed by atoms with Crippen molar-refractivity contribution in [1.29, 1.82) is 0 Å². The van der Waals surface area contributed by atoms with Gasteiger partial charge in [-0.15, -0.1) is 0 Å². The predicted octanol–water partition coefficient (Wildman–Crippen LogP) is 6.34. The Morgan fingerprint density at radius 1 is 1.00 bits per heavy atom. The first-order valence-corrected chi connectivity index (χ1v) is 13.9. The highest BCUT2D eigenvalue weighted by atomic mass is 28.4. The molecule has 1 N–H and O–H groups in total. The number of ether oxygens (including phenoxy) is 1. The number of carboxylic acids is 1. The Morgan fingerprint density at radius 3 is 2.22 bits per heavy atom. The standard InChI is InChI=1S/C22H42O4Si/c1-6-15-20(25-2)16-12-10-13-18-21(26-27(3,4)5)17-11-8-7-9-14-19-22(23)24/h7,9,13,18,20-21H,6,8,10-12,14-17,19H2,1-5H3,(H,23,24)/b9-7+,18-13+. The number of carbonyl (C=O) groups is 1. The van der Waals surface area contributed by atoms with Crippen molar-refractivity contribution in [2.75, 3.05) is 7.11 Å². The van der Waals surface area contributed by atoms with Gasteiger partial charge in [0.25, 0.3) is 0 Å². The van der Waals surface area contributed by atoms with Crippen LogP contribution in [0.2, 0.25) is 19.6 Å². The number of hydrogen-bond donors (Lipinski definition) is 1. The molecule has 0 aliphatic rings. The van der Waals surface area contributed by atoms with Gasteiger partial charge in [-0.1, -0.05) is 37.6 Å². The average Bonchev–Trinajstić information content (AvgIpc) is 2.57. The van der Waals surface area contributed by atoms with Gasteiger partial charge in [-0.2, -0.15) is 0 Å². The summed E-state index contributed by atoms with van der Waals surface area (Å²) in [4.78, 5) is 10.5. The zero-order valence-electron chi connectivity index (χ0n) is 18.2. The van der Waals surface area contributed by atoms with Crippen LogP contribution in [0.4, 0.5) is 0 Å². The molecule has 0 aromatic carbocycles. The SMILES string of the molecule is CCCC(CCC/C=C/C(CCC/C=C/CCC(=O)O)O[Si](C)(C)C)OC. The van der Waals surface area contributed by atoms with E-state index >= 15 is 0 Å². The summed E-state index contributed by atoms with van der Waals surface area (Å²) in [7, 11) is 0.238. The van der Waals surface area contributed by atoms with Gasteiger partial charge in [-0.25, -0.2) is 0 Å². The van der Waals surface area contributed by atoms with Crippen LogP contribution in [0.15, 0.2) is 24.3 Å². The van der Waals surface area contributed by atoms with Crippen LogP contribution in [-0.4, -0.2) is 38.7 Å². The molecule has 27 heavy (non-hydrogen) atoms. The Hall–Kier alpha value is -0.913. The molecule has 0 aliphatic carbocycles. The third-order valence-corrected chi connectivity index (χ3v) is 5.26. The van der Waals surface area contributed by atoms with E-state index in [0.29, 0.717) is 12.5 Å². The summed E-state index contributed by atoms with van der Waals surface area (Å²) in [5.41, 5.74) is 0. The molecule has 0 saturated carbocycles. The van der Waals surface area contributed by atoms with E-state index in [4.69, 9.17) is 14.3 Å². The minimum Gasteiger partial charge on any atom is -0.481 e. The van der Waals surface area contributed by atoms with Crippen LogP contribution in [0, 0.1) is 0 Å². The number of rotatable bonds is 17. The van der Waals surface area contributed by atoms with Crippen LogP contribution in [0.3, 0.4) is 0 Å². The van der Waals surface area contributed by atoms with Crippen molar-refractivity contribution in [3.63, 3.8) is 0 Å². The summed E-state index contributed by atoms with van der Waals surface area (Å²) in [5, 5.41) is 8.63. The molecule has 0 rings (SSSR count). The summed E-state index contributed by atoms with van der Waals surface area (Å²) < 4.78 is 11.8. The number of methoxy groups -OCH3 is 1. The van der Waals surface area contributed by atoms with E-state index < -0.39 is 14.3 Å². The van der Waals surface area contributed by atoms with E-state index in [1.807, 2.05) is 13.2 Å². The average molecular weight is 399 g/mol. The van der Waals surface area contributed by atoms with Crippen LogP contribution in [0.25, 0.3) is 0 Å². The fraction of sp³-hybridized carbons (Fsp3) is 0.773. The van der Waals surface area contributed by atoms with Crippen LogP contribution < -0.4 is 0 Å². The topological polar surface area (TPSA) is 55.8 Å². The molecular weight excluding hydrogens is 356 g/mol. The molecule has 2 atom stereocenters. The van der Waals surface area contributed by atoms with Crippen LogP contribution in [0.5, 0.6) is 0 Å². The van der Waals surface area contributed by atoms with Gasteiger partial charge in [0.15, 0.2) is 8.32 Å². The zero-order valence-corrected chi connectivity index (χ0v) is 19.2. The zero-order chi connectivity index (χ0) is 20.5. The van der Waals surface area contributed by atoms with Gasteiger partial charge in [-0.05, 0) is 71.0 Å². The molecular formula is C22H42O4Si. The first-order valence-electron chi connectivity index (χ1n) is 10.5. The molecule has 0 fully saturated rings. The maximum atomic E-state index is 10.5. The Labute approximate surface area is 168 Å². The van der Waals surface area contributed by atoms with E-state index in [2.05, 4.69) is 44.8 Å². The molecule has 2 unspecified atom stereocenters. The van der Waals surface area contributed by atoms with Crippen LogP contribution in [-0.2, 0) is 14.0 Å². The molecule has 0 aromatic rings. The largest absolute Gasteiger partial charge is 0.481 e. The second-order valence-corrected chi connectivity index (χ2v) is 12.6. The molecule has 0 aromatic heterocycles. The van der Waals surface area contributed by atoms with Crippen molar-refractivity contribution in [1.82, 2.24) is 0 Å². The summed E-state index contributed by atoms with van der Waals surface area (Å²) in [6.45, 7) is 8.89. The lowest BCUT2D eigenvalue weighted by Crippen LogP contribution is -2.31. The maximum Gasteiger partial charge on any atom is 0.303 e. The summed E-state index contributed by atoms with van der Waals surface area (Å²) in [5.74, 6) is -0.736. The monoisotopic (exact) mass is 398 g/mol.